The zero-order valence-corrected chi connectivity index (χ0v) is 49.1. The maximum Gasteiger partial charge on any atom is 0.137 e. The maximum atomic E-state index is 16.6. The van der Waals surface area contributed by atoms with Crippen LogP contribution in [0.3, 0.4) is 0 Å². The summed E-state index contributed by atoms with van der Waals surface area (Å²) in [6, 6.07) is 52.5. The van der Waals surface area contributed by atoms with Crippen LogP contribution in [-0.4, -0.2) is 16.2 Å². The van der Waals surface area contributed by atoms with Crippen LogP contribution < -0.4 is 14.5 Å². The van der Waals surface area contributed by atoms with Gasteiger partial charge in [0.15, 0.2) is 0 Å². The fourth-order valence-electron chi connectivity index (χ4n) is 12.0. The number of para-hydroxylation sites is 3. The van der Waals surface area contributed by atoms with Crippen LogP contribution in [0, 0.1) is 34.9 Å². The molecular weight excluding hydrogens is 1070 g/mol. The number of rotatable bonds is 11. The van der Waals surface area contributed by atoms with E-state index >= 15 is 17.6 Å². The Morgan fingerprint density at radius 1 is 0.447 bits per heavy atom. The van der Waals surface area contributed by atoms with E-state index in [0.717, 1.165) is 66.6 Å². The number of hydrogen-bond acceptors (Lipinski definition) is 4. The first kappa shape index (κ1) is 56.4. The molecular formula is C74H64F6N4O. The Balaban J connectivity index is 1.10. The summed E-state index contributed by atoms with van der Waals surface area (Å²) in [5, 5.41) is 2.08. The SMILES string of the molecule is CC(C)c1cc(-c2ccccc2)cc(C(C)C)c1-c1cc(Oc2ccc3c4ccccc4n(-c4cc(C(C)(C)C)ccn4)c3c2)cc(N2CN(c3c(-c4c(F)cc(F)cc4F)cc(C(C)(C)C)cc3-c3c(F)cc(F)cc3F)c3ccccc32)c1. The highest BCUT2D eigenvalue weighted by molar-refractivity contribution is 6.09. The smallest absolute Gasteiger partial charge is 0.137 e. The van der Waals surface area contributed by atoms with Gasteiger partial charge in [0, 0.05) is 70.2 Å². The van der Waals surface area contributed by atoms with E-state index in [1.54, 1.807) is 17.0 Å². The molecule has 3 heterocycles. The van der Waals surface area contributed by atoms with Crippen molar-refractivity contribution in [2.75, 3.05) is 16.5 Å². The molecule has 0 saturated heterocycles. The molecule has 0 aliphatic carbocycles. The van der Waals surface area contributed by atoms with Gasteiger partial charge in [-0.3, -0.25) is 4.57 Å². The van der Waals surface area contributed by atoms with Crippen LogP contribution in [0.15, 0.2) is 182 Å². The number of pyridine rings is 1. The van der Waals surface area contributed by atoms with Gasteiger partial charge in [0.25, 0.3) is 0 Å². The molecule has 0 bridgehead atoms. The van der Waals surface area contributed by atoms with Crippen molar-refractivity contribution in [1.82, 2.24) is 9.55 Å². The van der Waals surface area contributed by atoms with Crippen molar-refractivity contribution in [2.45, 2.75) is 91.9 Å². The molecule has 0 radical (unpaired) electrons. The van der Waals surface area contributed by atoms with Gasteiger partial charge >= 0.3 is 0 Å². The van der Waals surface area contributed by atoms with Crippen molar-refractivity contribution in [3.05, 3.63) is 239 Å². The molecule has 11 heteroatoms. The predicted octanol–water partition coefficient (Wildman–Crippen LogP) is 21.6. The Kier molecular flexibility index (Phi) is 14.3. The summed E-state index contributed by atoms with van der Waals surface area (Å²) in [5.41, 5.74) is 9.34. The van der Waals surface area contributed by atoms with Crippen molar-refractivity contribution in [2.24, 2.45) is 0 Å². The lowest BCUT2D eigenvalue weighted by atomic mass is 9.81. The minimum atomic E-state index is -1.22. The van der Waals surface area contributed by atoms with Gasteiger partial charge in [0.2, 0.25) is 0 Å². The number of halogens is 6. The van der Waals surface area contributed by atoms with Crippen molar-refractivity contribution in [3.8, 4) is 61.8 Å². The van der Waals surface area contributed by atoms with Gasteiger partial charge in [-0.1, -0.05) is 142 Å². The summed E-state index contributed by atoms with van der Waals surface area (Å²) in [6.07, 6.45) is 1.85. The zero-order valence-electron chi connectivity index (χ0n) is 49.1. The highest BCUT2D eigenvalue weighted by atomic mass is 19.2. The number of aromatic nitrogens is 2. The molecule has 11 aromatic rings. The average molecular weight is 1140 g/mol. The van der Waals surface area contributed by atoms with Crippen LogP contribution in [0.25, 0.3) is 72.1 Å². The first-order valence-electron chi connectivity index (χ1n) is 28.7. The molecule has 0 N–H and O–H groups in total. The molecule has 12 rings (SSSR count). The molecule has 2 aromatic heterocycles. The molecule has 9 aromatic carbocycles. The van der Waals surface area contributed by atoms with Crippen LogP contribution in [0.5, 0.6) is 11.5 Å². The third-order valence-electron chi connectivity index (χ3n) is 16.3. The molecule has 0 amide bonds. The first-order chi connectivity index (χ1) is 40.5. The van der Waals surface area contributed by atoms with Crippen molar-refractivity contribution in [3.63, 3.8) is 0 Å². The minimum absolute atomic E-state index is 0.0105. The van der Waals surface area contributed by atoms with E-state index in [0.29, 0.717) is 58.4 Å². The van der Waals surface area contributed by atoms with Gasteiger partial charge in [-0.2, -0.15) is 0 Å². The third-order valence-corrected chi connectivity index (χ3v) is 16.3. The molecule has 0 saturated carbocycles. The molecule has 428 valence electrons. The fourth-order valence-corrected chi connectivity index (χ4v) is 12.0. The quantitative estimate of drug-likeness (QED) is 0.121. The molecule has 5 nitrogen and oxygen atoms in total. The molecule has 1 aliphatic heterocycles. The van der Waals surface area contributed by atoms with E-state index in [1.807, 2.05) is 105 Å². The van der Waals surface area contributed by atoms with Gasteiger partial charge in [0.05, 0.1) is 39.2 Å². The molecule has 0 atom stereocenters. The van der Waals surface area contributed by atoms with E-state index < -0.39 is 51.4 Å². The molecule has 0 fully saturated rings. The maximum absolute atomic E-state index is 16.6. The van der Waals surface area contributed by atoms with E-state index in [9.17, 15) is 8.78 Å². The number of hydrogen-bond donors (Lipinski definition) is 0. The van der Waals surface area contributed by atoms with E-state index in [2.05, 4.69) is 120 Å². The Morgan fingerprint density at radius 2 is 0.988 bits per heavy atom. The molecule has 85 heavy (non-hydrogen) atoms. The monoisotopic (exact) mass is 1140 g/mol. The number of fused-ring (bicyclic) bond motifs is 4. The Bertz CT molecular complexity index is 4280. The van der Waals surface area contributed by atoms with E-state index in [4.69, 9.17) is 9.72 Å². The summed E-state index contributed by atoms with van der Waals surface area (Å²) in [6.45, 7) is 20.8. The largest absolute Gasteiger partial charge is 0.457 e. The summed E-state index contributed by atoms with van der Waals surface area (Å²) in [4.78, 5) is 8.71. The number of anilines is 4. The summed E-state index contributed by atoms with van der Waals surface area (Å²) < 4.78 is 105. The third kappa shape index (κ3) is 10.4. The fraction of sp³-hybridized carbons (Fsp3) is 0.203. The molecule has 0 spiro atoms. The first-order valence-corrected chi connectivity index (χ1v) is 28.7. The van der Waals surface area contributed by atoms with Crippen LogP contribution in [0.1, 0.15) is 103 Å². The topological polar surface area (TPSA) is 33.5 Å². The van der Waals surface area contributed by atoms with Crippen LogP contribution in [0.2, 0.25) is 0 Å². The number of benzene rings is 9. The van der Waals surface area contributed by atoms with Crippen molar-refractivity contribution < 1.29 is 31.1 Å². The lowest BCUT2D eigenvalue weighted by molar-refractivity contribution is 0.483. The number of nitrogens with zero attached hydrogens (tertiary/aromatic N) is 4. The summed E-state index contributed by atoms with van der Waals surface area (Å²) in [7, 11) is 0. The highest BCUT2D eigenvalue weighted by Gasteiger charge is 2.36. The van der Waals surface area contributed by atoms with Crippen molar-refractivity contribution in [1.29, 1.82) is 0 Å². The highest BCUT2D eigenvalue weighted by Crippen LogP contribution is 2.54. The Labute approximate surface area is 492 Å². The minimum Gasteiger partial charge on any atom is -0.457 e. The summed E-state index contributed by atoms with van der Waals surface area (Å²) >= 11 is 0. The van der Waals surface area contributed by atoms with E-state index in [-0.39, 0.29) is 40.7 Å². The zero-order chi connectivity index (χ0) is 60.0. The summed E-state index contributed by atoms with van der Waals surface area (Å²) in [5.74, 6) is -5.20. The lowest BCUT2D eigenvalue weighted by Crippen LogP contribution is -2.26. The second kappa shape index (κ2) is 21.5. The average Bonchev–Trinajstić information content (AvgIpc) is 2.39. The van der Waals surface area contributed by atoms with Gasteiger partial charge in [0.1, 0.15) is 58.9 Å². The van der Waals surface area contributed by atoms with E-state index in [1.165, 1.54) is 0 Å². The molecule has 1 aliphatic rings. The molecule has 0 unspecified atom stereocenters. The second-order valence-electron chi connectivity index (χ2n) is 24.9. The van der Waals surface area contributed by atoms with Crippen LogP contribution in [-0.2, 0) is 10.8 Å². The van der Waals surface area contributed by atoms with Gasteiger partial charge < -0.3 is 14.5 Å². The Morgan fingerprint density at radius 3 is 1.56 bits per heavy atom. The Hall–Kier alpha value is -9.09. The van der Waals surface area contributed by atoms with Gasteiger partial charge in [-0.05, 0) is 134 Å². The predicted molar refractivity (Wildman–Crippen MR) is 334 cm³/mol. The van der Waals surface area contributed by atoms with Gasteiger partial charge in [-0.25, -0.2) is 31.3 Å². The standard InChI is InChI=1S/C74H64F6N4O/c1-42(2)56-30-45(44-18-12-11-13-19-44)31-57(43(3)4)69(56)46-28-51(39-53(29-46)85-52-24-25-55-54-20-14-15-21-64(54)84(67(55)40-52)68-34-47(26-27-81-68)73(5,6)7)82-41-83(66-23-17-16-22-65(66)82)72-58(70-60(77)35-49(75)36-61(70)78)32-48(74(8,9)10)33-59(72)71-62(79)37-50(76)38-63(71)80/h11-40,42-43H,41H2,1-10H3. The van der Waals surface area contributed by atoms with Crippen molar-refractivity contribution >= 4 is 44.6 Å². The van der Waals surface area contributed by atoms with Crippen LogP contribution in [0.4, 0.5) is 49.1 Å². The van der Waals surface area contributed by atoms with Crippen LogP contribution >= 0.6 is 0 Å². The second-order valence-corrected chi connectivity index (χ2v) is 24.9. The normalized spacial score (nSPS) is 12.8. The lowest BCUT2D eigenvalue weighted by Gasteiger charge is -2.30. The van der Waals surface area contributed by atoms with Gasteiger partial charge in [-0.15, -0.1) is 0 Å². The number of ether oxygens (including phenoxy) is 1.